The Kier molecular flexibility index (Phi) is 4.10. The van der Waals surface area contributed by atoms with Crippen molar-refractivity contribution < 1.29 is 14.6 Å². The molecule has 0 spiro atoms. The van der Waals surface area contributed by atoms with Gasteiger partial charge in [-0.25, -0.2) is 4.79 Å². The molecular formula is C15H13NO4. The third-order valence-corrected chi connectivity index (χ3v) is 2.83. The van der Waals surface area contributed by atoms with E-state index in [0.29, 0.717) is 11.4 Å². The zero-order chi connectivity index (χ0) is 14.5. The summed E-state index contributed by atoms with van der Waals surface area (Å²) >= 11 is 0. The Morgan fingerprint density at radius 3 is 2.40 bits per heavy atom. The summed E-state index contributed by atoms with van der Waals surface area (Å²) in [5.41, 5.74) is 1.90. The zero-order valence-corrected chi connectivity index (χ0v) is 10.8. The first-order valence-electron chi connectivity index (χ1n) is 6.04. The van der Waals surface area contributed by atoms with Crippen molar-refractivity contribution in [2.75, 3.05) is 0 Å². The fraction of sp³-hybridized carbons (Fsp3) is 0.133. The number of carboxylic acid groups (broad SMARTS) is 1. The lowest BCUT2D eigenvalue weighted by molar-refractivity contribution is -0.144. The fourth-order valence-corrected chi connectivity index (χ4v) is 1.76. The van der Waals surface area contributed by atoms with E-state index in [4.69, 9.17) is 9.84 Å². The second-order valence-electron chi connectivity index (χ2n) is 4.23. The molecule has 0 aliphatic carbocycles. The minimum Gasteiger partial charge on any atom is -0.479 e. The third kappa shape index (κ3) is 3.00. The van der Waals surface area contributed by atoms with Crippen LogP contribution in [0.4, 0.5) is 5.69 Å². The van der Waals surface area contributed by atoms with Crippen LogP contribution in [-0.4, -0.2) is 17.2 Å². The summed E-state index contributed by atoms with van der Waals surface area (Å²) in [6, 6.07) is 13.8. The van der Waals surface area contributed by atoms with Gasteiger partial charge in [-0.05, 0) is 35.9 Å². The molecule has 2 aromatic rings. The highest BCUT2D eigenvalue weighted by Gasteiger charge is 2.12. The molecule has 102 valence electrons. The van der Waals surface area contributed by atoms with Gasteiger partial charge < -0.3 is 9.84 Å². The van der Waals surface area contributed by atoms with Gasteiger partial charge in [-0.2, -0.15) is 0 Å². The van der Waals surface area contributed by atoms with Crippen molar-refractivity contribution in [3.8, 4) is 16.9 Å². The largest absolute Gasteiger partial charge is 0.479 e. The van der Waals surface area contributed by atoms with Gasteiger partial charge in [0.2, 0.25) is 0 Å². The Morgan fingerprint density at radius 1 is 1.15 bits per heavy atom. The molecule has 0 radical (unpaired) electrons. The number of ether oxygens (including phenoxy) is 1. The molecule has 0 aromatic heterocycles. The first kappa shape index (κ1) is 13.7. The van der Waals surface area contributed by atoms with Crippen molar-refractivity contribution in [3.63, 3.8) is 0 Å². The van der Waals surface area contributed by atoms with Crippen molar-refractivity contribution in [1.82, 2.24) is 0 Å². The molecule has 1 atom stereocenters. The van der Waals surface area contributed by atoms with Gasteiger partial charge in [0.15, 0.2) is 6.10 Å². The van der Waals surface area contributed by atoms with Crippen molar-refractivity contribution in [2.45, 2.75) is 13.0 Å². The number of rotatable bonds is 5. The normalized spacial score (nSPS) is 11.7. The second kappa shape index (κ2) is 5.97. The lowest BCUT2D eigenvalue weighted by Crippen LogP contribution is -2.22. The van der Waals surface area contributed by atoms with Gasteiger partial charge in [0.1, 0.15) is 11.4 Å². The minimum absolute atomic E-state index is 0.361. The first-order chi connectivity index (χ1) is 9.61. The number of aliphatic carboxylic acids is 1. The van der Waals surface area contributed by atoms with E-state index in [9.17, 15) is 9.70 Å². The highest BCUT2D eigenvalue weighted by Crippen LogP contribution is 2.30. The van der Waals surface area contributed by atoms with E-state index in [1.54, 1.807) is 42.5 Å². The molecule has 0 fully saturated rings. The Balaban J connectivity index is 2.24. The monoisotopic (exact) mass is 271 g/mol. The number of carbonyl (C=O) groups is 1. The van der Waals surface area contributed by atoms with Crippen molar-refractivity contribution in [1.29, 1.82) is 0 Å². The van der Waals surface area contributed by atoms with Gasteiger partial charge in [0.25, 0.3) is 0 Å². The summed E-state index contributed by atoms with van der Waals surface area (Å²) in [7, 11) is 0. The van der Waals surface area contributed by atoms with Crippen molar-refractivity contribution in [2.24, 2.45) is 5.18 Å². The topological polar surface area (TPSA) is 76.0 Å². The van der Waals surface area contributed by atoms with Crippen LogP contribution in [0.5, 0.6) is 5.75 Å². The van der Waals surface area contributed by atoms with E-state index < -0.39 is 12.1 Å². The Labute approximate surface area is 115 Å². The van der Waals surface area contributed by atoms with Crippen LogP contribution in [0.25, 0.3) is 11.1 Å². The summed E-state index contributed by atoms with van der Waals surface area (Å²) in [5, 5.41) is 11.8. The fourth-order valence-electron chi connectivity index (χ4n) is 1.76. The van der Waals surface area contributed by atoms with Crippen LogP contribution >= 0.6 is 0 Å². The van der Waals surface area contributed by atoms with E-state index in [1.807, 2.05) is 6.07 Å². The molecular weight excluding hydrogens is 258 g/mol. The van der Waals surface area contributed by atoms with Crippen LogP contribution in [0.15, 0.2) is 53.7 Å². The molecule has 5 nitrogen and oxygen atoms in total. The van der Waals surface area contributed by atoms with Crippen LogP contribution < -0.4 is 4.74 Å². The van der Waals surface area contributed by atoms with E-state index in [0.717, 1.165) is 11.1 Å². The summed E-state index contributed by atoms with van der Waals surface area (Å²) in [6.45, 7) is 1.46. The van der Waals surface area contributed by atoms with Gasteiger partial charge >= 0.3 is 5.97 Å². The Morgan fingerprint density at radius 2 is 1.80 bits per heavy atom. The summed E-state index contributed by atoms with van der Waals surface area (Å²) in [5.74, 6) is -0.565. The molecule has 0 heterocycles. The summed E-state index contributed by atoms with van der Waals surface area (Å²) in [6.07, 6.45) is -0.912. The van der Waals surface area contributed by atoms with Crippen LogP contribution in [0.3, 0.4) is 0 Å². The second-order valence-corrected chi connectivity index (χ2v) is 4.23. The molecule has 0 saturated carbocycles. The van der Waals surface area contributed by atoms with Crippen LogP contribution in [0.1, 0.15) is 6.92 Å². The molecule has 0 aliphatic heterocycles. The molecule has 0 unspecified atom stereocenters. The Bertz CT molecular complexity index is 622. The number of hydrogen-bond donors (Lipinski definition) is 1. The zero-order valence-electron chi connectivity index (χ0n) is 10.8. The number of nitrogens with zero attached hydrogens (tertiary/aromatic N) is 1. The first-order valence-corrected chi connectivity index (χ1v) is 6.04. The predicted molar refractivity (Wildman–Crippen MR) is 75.1 cm³/mol. The number of hydrogen-bond acceptors (Lipinski definition) is 4. The Hall–Kier alpha value is -2.69. The van der Waals surface area contributed by atoms with E-state index >= 15 is 0 Å². The molecule has 0 amide bonds. The van der Waals surface area contributed by atoms with Crippen LogP contribution in [0, 0.1) is 4.91 Å². The average Bonchev–Trinajstić information content (AvgIpc) is 2.48. The molecule has 2 rings (SSSR count). The van der Waals surface area contributed by atoms with E-state index in [-0.39, 0.29) is 0 Å². The van der Waals surface area contributed by atoms with Gasteiger partial charge in [0.05, 0.1) is 0 Å². The van der Waals surface area contributed by atoms with Gasteiger partial charge in [-0.15, -0.1) is 4.91 Å². The molecule has 20 heavy (non-hydrogen) atoms. The molecule has 0 aliphatic rings. The standard InChI is InChI=1S/C15H13NO4/c1-10(15(17)18)20-12-8-6-11(7-9-12)13-4-2-3-5-14(13)16-19/h2-10H,1H3,(H,17,18)/t10-/m1/s1. The maximum atomic E-state index is 10.7. The van der Waals surface area contributed by atoms with Crippen molar-refractivity contribution in [3.05, 3.63) is 53.4 Å². The summed E-state index contributed by atoms with van der Waals surface area (Å²) in [4.78, 5) is 21.5. The van der Waals surface area contributed by atoms with Crippen LogP contribution in [0.2, 0.25) is 0 Å². The van der Waals surface area contributed by atoms with Gasteiger partial charge in [0, 0.05) is 5.56 Å². The highest BCUT2D eigenvalue weighted by molar-refractivity contribution is 5.76. The summed E-state index contributed by atoms with van der Waals surface area (Å²) < 4.78 is 5.24. The minimum atomic E-state index is -1.02. The van der Waals surface area contributed by atoms with Gasteiger partial charge in [-0.1, -0.05) is 30.3 Å². The number of nitroso groups, excluding NO2 is 1. The van der Waals surface area contributed by atoms with Crippen molar-refractivity contribution >= 4 is 11.7 Å². The maximum Gasteiger partial charge on any atom is 0.344 e. The highest BCUT2D eigenvalue weighted by atomic mass is 16.5. The molecule has 5 heteroatoms. The van der Waals surface area contributed by atoms with E-state index in [1.165, 1.54) is 6.92 Å². The molecule has 2 aromatic carbocycles. The number of benzene rings is 2. The van der Waals surface area contributed by atoms with E-state index in [2.05, 4.69) is 5.18 Å². The third-order valence-electron chi connectivity index (χ3n) is 2.83. The number of carboxylic acids is 1. The molecule has 0 bridgehead atoms. The predicted octanol–water partition coefficient (Wildman–Crippen LogP) is 3.60. The smallest absolute Gasteiger partial charge is 0.344 e. The average molecular weight is 271 g/mol. The van der Waals surface area contributed by atoms with Gasteiger partial charge in [-0.3, -0.25) is 0 Å². The molecule has 1 N–H and O–H groups in total. The SMILES string of the molecule is C[C@@H](Oc1ccc(-c2ccccc2N=O)cc1)C(=O)O. The quantitative estimate of drug-likeness (QED) is 0.843. The lowest BCUT2D eigenvalue weighted by atomic mass is 10.0. The molecule has 0 saturated heterocycles. The van der Waals surface area contributed by atoms with Crippen LogP contribution in [-0.2, 0) is 4.79 Å². The lowest BCUT2D eigenvalue weighted by Gasteiger charge is -2.11. The maximum absolute atomic E-state index is 10.7.